The predicted molar refractivity (Wildman–Crippen MR) is 81.9 cm³/mol. The number of rotatable bonds is 11. The summed E-state index contributed by atoms with van der Waals surface area (Å²) >= 11 is 0. The summed E-state index contributed by atoms with van der Waals surface area (Å²) in [6.45, 7) is 4.95. The smallest absolute Gasteiger partial charge is 0.311 e. The number of methoxy groups -OCH3 is 1. The second-order valence-corrected chi connectivity index (χ2v) is 4.88. The average molecular weight is 296 g/mol. The van der Waals surface area contributed by atoms with Gasteiger partial charge in [-0.25, -0.2) is 0 Å². The molecule has 0 spiro atoms. The number of unbranched alkanes of at least 4 members (excludes halogenated alkanes) is 1. The summed E-state index contributed by atoms with van der Waals surface area (Å²) in [4.78, 5) is 10.5. The molecule has 0 atom stereocenters. The van der Waals surface area contributed by atoms with E-state index in [4.69, 9.17) is 9.47 Å². The topological polar surface area (TPSA) is 73.6 Å². The summed E-state index contributed by atoms with van der Waals surface area (Å²) in [6.07, 6.45) is 2.84. The van der Waals surface area contributed by atoms with Gasteiger partial charge >= 0.3 is 5.69 Å². The highest BCUT2D eigenvalue weighted by Crippen LogP contribution is 2.27. The minimum atomic E-state index is -0.403. The van der Waals surface area contributed by atoms with E-state index in [-0.39, 0.29) is 5.69 Å². The number of aryl methyl sites for hydroxylation is 1. The lowest BCUT2D eigenvalue weighted by molar-refractivity contribution is -0.385. The molecule has 0 bridgehead atoms. The number of nitro benzene ring substituents is 1. The minimum Gasteiger partial charge on any atom is -0.487 e. The fraction of sp³-hybridized carbons (Fsp3) is 0.600. The molecule has 1 rings (SSSR count). The summed E-state index contributed by atoms with van der Waals surface area (Å²) in [5.74, 6) is 0.346. The molecule has 0 aromatic heterocycles. The van der Waals surface area contributed by atoms with Crippen molar-refractivity contribution in [3.05, 3.63) is 33.9 Å². The van der Waals surface area contributed by atoms with Gasteiger partial charge in [-0.1, -0.05) is 6.07 Å². The van der Waals surface area contributed by atoms with Crippen LogP contribution in [-0.2, 0) is 4.74 Å². The first kappa shape index (κ1) is 17.4. The first-order chi connectivity index (χ1) is 10.1. The van der Waals surface area contributed by atoms with Crippen LogP contribution in [-0.4, -0.2) is 38.3 Å². The molecule has 0 saturated carbocycles. The van der Waals surface area contributed by atoms with Crippen molar-refractivity contribution in [3.8, 4) is 5.75 Å². The number of hydrogen-bond donors (Lipinski definition) is 1. The number of nitrogens with one attached hydrogen (secondary N) is 1. The Balaban J connectivity index is 2.20. The van der Waals surface area contributed by atoms with Crippen molar-refractivity contribution in [1.29, 1.82) is 0 Å². The van der Waals surface area contributed by atoms with Crippen LogP contribution in [0.4, 0.5) is 5.69 Å². The zero-order chi connectivity index (χ0) is 15.5. The molecule has 0 heterocycles. The number of hydrogen-bond acceptors (Lipinski definition) is 5. The zero-order valence-corrected chi connectivity index (χ0v) is 12.8. The molecule has 1 aromatic rings. The highest BCUT2D eigenvalue weighted by Gasteiger charge is 2.14. The van der Waals surface area contributed by atoms with Gasteiger partial charge in [-0.2, -0.15) is 0 Å². The molecule has 21 heavy (non-hydrogen) atoms. The molecule has 1 N–H and O–H groups in total. The quantitative estimate of drug-likeness (QED) is 0.386. The third-order valence-corrected chi connectivity index (χ3v) is 3.02. The van der Waals surface area contributed by atoms with Crippen LogP contribution in [0, 0.1) is 17.0 Å². The normalized spacial score (nSPS) is 10.6. The van der Waals surface area contributed by atoms with Crippen molar-refractivity contribution in [2.24, 2.45) is 0 Å². The monoisotopic (exact) mass is 296 g/mol. The van der Waals surface area contributed by atoms with Crippen molar-refractivity contribution in [2.75, 3.05) is 33.4 Å². The first-order valence-electron chi connectivity index (χ1n) is 7.22. The number of benzene rings is 1. The first-order valence-corrected chi connectivity index (χ1v) is 7.22. The summed E-state index contributed by atoms with van der Waals surface area (Å²) in [5, 5.41) is 14.3. The molecule has 0 unspecified atom stereocenters. The SMILES string of the molecule is COCCCNCCCCOc1ccc(C)cc1[N+](=O)[O-]. The minimum absolute atomic E-state index is 0.0349. The van der Waals surface area contributed by atoms with E-state index in [1.165, 1.54) is 6.07 Å². The van der Waals surface area contributed by atoms with Crippen LogP contribution in [0.25, 0.3) is 0 Å². The Morgan fingerprint density at radius 2 is 1.95 bits per heavy atom. The number of ether oxygens (including phenoxy) is 2. The molecular weight excluding hydrogens is 272 g/mol. The fourth-order valence-corrected chi connectivity index (χ4v) is 1.89. The third-order valence-electron chi connectivity index (χ3n) is 3.02. The van der Waals surface area contributed by atoms with E-state index in [0.717, 1.165) is 44.5 Å². The fourth-order valence-electron chi connectivity index (χ4n) is 1.89. The van der Waals surface area contributed by atoms with E-state index in [1.54, 1.807) is 13.2 Å². The van der Waals surface area contributed by atoms with Crippen LogP contribution in [0.5, 0.6) is 5.75 Å². The molecule has 0 radical (unpaired) electrons. The van der Waals surface area contributed by atoms with E-state index < -0.39 is 4.92 Å². The maximum absolute atomic E-state index is 10.9. The average Bonchev–Trinajstić information content (AvgIpc) is 2.46. The molecule has 0 aliphatic heterocycles. The summed E-state index contributed by atoms with van der Waals surface area (Å²) in [7, 11) is 1.70. The Morgan fingerprint density at radius 3 is 2.67 bits per heavy atom. The molecular formula is C15H24N2O4. The van der Waals surface area contributed by atoms with Gasteiger partial charge in [-0.15, -0.1) is 0 Å². The van der Waals surface area contributed by atoms with Gasteiger partial charge in [0.25, 0.3) is 0 Å². The van der Waals surface area contributed by atoms with Gasteiger partial charge in [0.2, 0.25) is 0 Å². The molecule has 6 heteroatoms. The van der Waals surface area contributed by atoms with Gasteiger partial charge in [0.15, 0.2) is 5.75 Å². The number of nitro groups is 1. The lowest BCUT2D eigenvalue weighted by atomic mass is 10.2. The maximum Gasteiger partial charge on any atom is 0.311 e. The third kappa shape index (κ3) is 7.06. The van der Waals surface area contributed by atoms with Crippen LogP contribution in [0.15, 0.2) is 18.2 Å². The van der Waals surface area contributed by atoms with E-state index in [9.17, 15) is 10.1 Å². The van der Waals surface area contributed by atoms with Gasteiger partial charge in [0.05, 0.1) is 11.5 Å². The standard InChI is InChI=1S/C15H24N2O4/c1-13-6-7-15(14(12-13)17(18)19)21-11-4-3-8-16-9-5-10-20-2/h6-7,12,16H,3-5,8-11H2,1-2H3. The molecule has 0 aliphatic rings. The van der Waals surface area contributed by atoms with Crippen molar-refractivity contribution in [3.63, 3.8) is 0 Å². The van der Waals surface area contributed by atoms with Crippen LogP contribution < -0.4 is 10.1 Å². The Hall–Kier alpha value is -1.66. The van der Waals surface area contributed by atoms with Gasteiger partial charge in [0.1, 0.15) is 0 Å². The van der Waals surface area contributed by atoms with E-state index >= 15 is 0 Å². The summed E-state index contributed by atoms with van der Waals surface area (Å²) in [5.41, 5.74) is 0.891. The van der Waals surface area contributed by atoms with Gasteiger partial charge in [0, 0.05) is 19.8 Å². The molecule has 0 saturated heterocycles. The molecule has 0 fully saturated rings. The largest absolute Gasteiger partial charge is 0.487 e. The van der Waals surface area contributed by atoms with Gasteiger partial charge in [-0.3, -0.25) is 10.1 Å². The van der Waals surface area contributed by atoms with Crippen LogP contribution in [0.2, 0.25) is 0 Å². The van der Waals surface area contributed by atoms with Gasteiger partial charge in [-0.05, 0) is 50.9 Å². The Morgan fingerprint density at radius 1 is 1.19 bits per heavy atom. The van der Waals surface area contributed by atoms with Crippen molar-refractivity contribution in [2.45, 2.75) is 26.2 Å². The van der Waals surface area contributed by atoms with Crippen LogP contribution in [0.3, 0.4) is 0 Å². The summed E-state index contributed by atoms with van der Waals surface area (Å²) < 4.78 is 10.5. The molecule has 0 amide bonds. The second kappa shape index (κ2) is 10.1. The molecule has 1 aromatic carbocycles. The molecule has 0 aliphatic carbocycles. The Kier molecular flexibility index (Phi) is 8.38. The van der Waals surface area contributed by atoms with Crippen molar-refractivity contribution < 1.29 is 14.4 Å². The predicted octanol–water partition coefficient (Wildman–Crippen LogP) is 2.69. The Labute approximate surface area is 125 Å². The molecule has 6 nitrogen and oxygen atoms in total. The van der Waals surface area contributed by atoms with Crippen molar-refractivity contribution in [1.82, 2.24) is 5.32 Å². The lowest BCUT2D eigenvalue weighted by Gasteiger charge is -2.08. The summed E-state index contributed by atoms with van der Waals surface area (Å²) in [6, 6.07) is 5.02. The zero-order valence-electron chi connectivity index (χ0n) is 12.8. The van der Waals surface area contributed by atoms with E-state index in [1.807, 2.05) is 13.0 Å². The van der Waals surface area contributed by atoms with Gasteiger partial charge < -0.3 is 14.8 Å². The van der Waals surface area contributed by atoms with Crippen molar-refractivity contribution >= 4 is 5.69 Å². The molecule has 118 valence electrons. The Bertz CT molecular complexity index is 438. The van der Waals surface area contributed by atoms with E-state index in [0.29, 0.717) is 12.4 Å². The van der Waals surface area contributed by atoms with Crippen LogP contribution >= 0.6 is 0 Å². The van der Waals surface area contributed by atoms with E-state index in [2.05, 4.69) is 5.32 Å². The van der Waals surface area contributed by atoms with Crippen LogP contribution in [0.1, 0.15) is 24.8 Å². The number of nitrogens with zero attached hydrogens (tertiary/aromatic N) is 1. The maximum atomic E-state index is 10.9. The second-order valence-electron chi connectivity index (χ2n) is 4.88. The highest BCUT2D eigenvalue weighted by molar-refractivity contribution is 5.48. The highest BCUT2D eigenvalue weighted by atomic mass is 16.6. The lowest BCUT2D eigenvalue weighted by Crippen LogP contribution is -2.18.